The summed E-state index contributed by atoms with van der Waals surface area (Å²) in [5.41, 5.74) is 7.15. The number of ether oxygens (including phenoxy) is 2. The van der Waals surface area contributed by atoms with Crippen LogP contribution in [0.4, 0.5) is 0 Å². The topological polar surface area (TPSA) is 57.4 Å². The van der Waals surface area contributed by atoms with Crippen LogP contribution in [0, 0.1) is 0 Å². The quantitative estimate of drug-likeness (QED) is 0.845. The molecule has 1 aliphatic heterocycles. The van der Waals surface area contributed by atoms with Gasteiger partial charge < -0.3 is 15.2 Å². The van der Waals surface area contributed by atoms with Crippen LogP contribution in [-0.4, -0.2) is 24.8 Å². The number of rotatable bonds is 3. The van der Waals surface area contributed by atoms with Crippen LogP contribution in [0.1, 0.15) is 30.9 Å². The lowest BCUT2D eigenvalue weighted by Gasteiger charge is -2.28. The molecule has 2 heterocycles. The van der Waals surface area contributed by atoms with Crippen LogP contribution in [0.2, 0.25) is 0 Å². The fraction of sp³-hybridized carbons (Fsp3) is 0.583. The third kappa shape index (κ3) is 2.51. The van der Waals surface area contributed by atoms with E-state index in [0.717, 1.165) is 30.8 Å². The first kappa shape index (κ1) is 11.4. The van der Waals surface area contributed by atoms with Gasteiger partial charge in [0.25, 0.3) is 0 Å². The van der Waals surface area contributed by atoms with Crippen molar-refractivity contribution in [2.45, 2.75) is 31.4 Å². The zero-order valence-corrected chi connectivity index (χ0v) is 9.56. The predicted octanol–water partition coefficient (Wildman–Crippen LogP) is 1.66. The van der Waals surface area contributed by atoms with E-state index >= 15 is 0 Å². The summed E-state index contributed by atoms with van der Waals surface area (Å²) in [5, 5.41) is 0. The second-order valence-corrected chi connectivity index (χ2v) is 4.09. The Bertz CT molecular complexity index is 338. The van der Waals surface area contributed by atoms with Crippen LogP contribution >= 0.6 is 0 Å². The molecule has 1 fully saturated rings. The van der Waals surface area contributed by atoms with Gasteiger partial charge in [-0.1, -0.05) is 0 Å². The Morgan fingerprint density at radius 1 is 1.50 bits per heavy atom. The van der Waals surface area contributed by atoms with Gasteiger partial charge in [0.05, 0.1) is 25.5 Å². The number of hydrogen-bond acceptors (Lipinski definition) is 4. The van der Waals surface area contributed by atoms with Crippen molar-refractivity contribution < 1.29 is 9.47 Å². The van der Waals surface area contributed by atoms with Crippen LogP contribution in [0.5, 0.6) is 5.75 Å². The fourth-order valence-corrected chi connectivity index (χ4v) is 1.99. The summed E-state index contributed by atoms with van der Waals surface area (Å²) < 4.78 is 10.8. The third-order valence-corrected chi connectivity index (χ3v) is 2.97. The minimum absolute atomic E-state index is 0.108. The highest BCUT2D eigenvalue weighted by Crippen LogP contribution is 2.25. The molecule has 0 amide bonds. The van der Waals surface area contributed by atoms with Crippen molar-refractivity contribution in [3.05, 3.63) is 24.0 Å². The Morgan fingerprint density at radius 3 is 3.06 bits per heavy atom. The number of pyridine rings is 1. The minimum atomic E-state index is -0.108. The molecule has 1 aromatic rings. The Labute approximate surface area is 95.8 Å². The molecule has 1 aromatic heterocycles. The van der Waals surface area contributed by atoms with Gasteiger partial charge in [-0.3, -0.25) is 4.98 Å². The number of hydrogen-bond donors (Lipinski definition) is 1. The average molecular weight is 222 g/mol. The first-order chi connectivity index (χ1) is 7.81. The molecule has 2 unspecified atom stereocenters. The Balaban J connectivity index is 2.09. The number of nitrogens with two attached hydrogens (primary N) is 1. The monoisotopic (exact) mass is 222 g/mol. The summed E-state index contributed by atoms with van der Waals surface area (Å²) in [4.78, 5) is 4.11. The van der Waals surface area contributed by atoms with E-state index in [9.17, 15) is 0 Å². The zero-order valence-electron chi connectivity index (χ0n) is 9.56. The van der Waals surface area contributed by atoms with Gasteiger partial charge in [0.2, 0.25) is 0 Å². The van der Waals surface area contributed by atoms with E-state index in [4.69, 9.17) is 15.2 Å². The van der Waals surface area contributed by atoms with Gasteiger partial charge in [0, 0.05) is 12.8 Å². The SMILES string of the molecule is COc1cncc(C(N)C2CCCCO2)c1. The Morgan fingerprint density at radius 2 is 2.38 bits per heavy atom. The minimum Gasteiger partial charge on any atom is -0.495 e. The molecule has 2 N–H and O–H groups in total. The number of methoxy groups -OCH3 is 1. The van der Waals surface area contributed by atoms with Crippen LogP contribution in [0.3, 0.4) is 0 Å². The highest BCUT2D eigenvalue weighted by Gasteiger charge is 2.23. The first-order valence-electron chi connectivity index (χ1n) is 5.67. The van der Waals surface area contributed by atoms with Crippen molar-refractivity contribution in [1.82, 2.24) is 4.98 Å². The van der Waals surface area contributed by atoms with Crippen molar-refractivity contribution in [3.8, 4) is 5.75 Å². The van der Waals surface area contributed by atoms with Crippen molar-refractivity contribution in [1.29, 1.82) is 0 Å². The highest BCUT2D eigenvalue weighted by molar-refractivity contribution is 5.26. The first-order valence-corrected chi connectivity index (χ1v) is 5.67. The van der Waals surface area contributed by atoms with Crippen molar-refractivity contribution >= 4 is 0 Å². The Kier molecular flexibility index (Phi) is 3.74. The molecule has 4 nitrogen and oxygen atoms in total. The van der Waals surface area contributed by atoms with E-state index in [1.165, 1.54) is 6.42 Å². The normalized spacial score (nSPS) is 22.8. The smallest absolute Gasteiger partial charge is 0.137 e. The Hall–Kier alpha value is -1.13. The van der Waals surface area contributed by atoms with Gasteiger partial charge in [0.1, 0.15) is 5.75 Å². The molecule has 0 saturated carbocycles. The lowest BCUT2D eigenvalue weighted by atomic mass is 9.98. The molecule has 4 heteroatoms. The standard InChI is InChI=1S/C12H18N2O2/c1-15-10-6-9(7-14-8-10)12(13)11-4-2-3-5-16-11/h6-8,11-12H,2-5,13H2,1H3. The second kappa shape index (κ2) is 5.27. The highest BCUT2D eigenvalue weighted by atomic mass is 16.5. The molecule has 1 saturated heterocycles. The van der Waals surface area contributed by atoms with Crippen LogP contribution < -0.4 is 10.5 Å². The van der Waals surface area contributed by atoms with Gasteiger partial charge in [-0.25, -0.2) is 0 Å². The van der Waals surface area contributed by atoms with Crippen molar-refractivity contribution in [2.24, 2.45) is 5.73 Å². The summed E-state index contributed by atoms with van der Waals surface area (Å²) in [7, 11) is 1.63. The molecular formula is C12H18N2O2. The molecule has 1 aliphatic rings. The van der Waals surface area contributed by atoms with E-state index in [2.05, 4.69) is 4.98 Å². The molecule has 0 bridgehead atoms. The van der Waals surface area contributed by atoms with Gasteiger partial charge in [-0.15, -0.1) is 0 Å². The van der Waals surface area contributed by atoms with Crippen LogP contribution in [-0.2, 0) is 4.74 Å². The van der Waals surface area contributed by atoms with E-state index in [0.29, 0.717) is 0 Å². The maximum absolute atomic E-state index is 6.17. The molecule has 0 aromatic carbocycles. The lowest BCUT2D eigenvalue weighted by Crippen LogP contribution is -2.31. The van der Waals surface area contributed by atoms with Gasteiger partial charge >= 0.3 is 0 Å². The molecular weight excluding hydrogens is 204 g/mol. The summed E-state index contributed by atoms with van der Waals surface area (Å²) in [5.74, 6) is 0.740. The number of aromatic nitrogens is 1. The molecule has 88 valence electrons. The molecule has 2 atom stereocenters. The summed E-state index contributed by atoms with van der Waals surface area (Å²) in [6.07, 6.45) is 6.93. The molecule has 0 spiro atoms. The van der Waals surface area contributed by atoms with Crippen molar-refractivity contribution in [2.75, 3.05) is 13.7 Å². The van der Waals surface area contributed by atoms with E-state index in [-0.39, 0.29) is 12.1 Å². The third-order valence-electron chi connectivity index (χ3n) is 2.97. The molecule has 2 rings (SSSR count). The van der Waals surface area contributed by atoms with Crippen molar-refractivity contribution in [3.63, 3.8) is 0 Å². The second-order valence-electron chi connectivity index (χ2n) is 4.09. The van der Waals surface area contributed by atoms with E-state index in [1.807, 2.05) is 6.07 Å². The number of nitrogens with zero attached hydrogens (tertiary/aromatic N) is 1. The predicted molar refractivity (Wildman–Crippen MR) is 61.3 cm³/mol. The fourth-order valence-electron chi connectivity index (χ4n) is 1.99. The summed E-state index contributed by atoms with van der Waals surface area (Å²) in [6, 6.07) is 1.82. The van der Waals surface area contributed by atoms with Gasteiger partial charge in [-0.05, 0) is 30.9 Å². The summed E-state index contributed by atoms with van der Waals surface area (Å²) in [6.45, 7) is 0.815. The van der Waals surface area contributed by atoms with E-state index < -0.39 is 0 Å². The molecule has 16 heavy (non-hydrogen) atoms. The average Bonchev–Trinajstić information content (AvgIpc) is 2.39. The zero-order chi connectivity index (χ0) is 11.4. The van der Waals surface area contributed by atoms with Crippen LogP contribution in [0.15, 0.2) is 18.5 Å². The van der Waals surface area contributed by atoms with Crippen LogP contribution in [0.25, 0.3) is 0 Å². The van der Waals surface area contributed by atoms with E-state index in [1.54, 1.807) is 19.5 Å². The lowest BCUT2D eigenvalue weighted by molar-refractivity contribution is -0.0000758. The van der Waals surface area contributed by atoms with Gasteiger partial charge in [-0.2, -0.15) is 0 Å². The summed E-state index contributed by atoms with van der Waals surface area (Å²) >= 11 is 0. The maximum atomic E-state index is 6.17. The largest absolute Gasteiger partial charge is 0.495 e. The molecule has 0 radical (unpaired) electrons. The maximum Gasteiger partial charge on any atom is 0.137 e. The molecule has 0 aliphatic carbocycles. The van der Waals surface area contributed by atoms with Gasteiger partial charge in [0.15, 0.2) is 0 Å².